The predicted molar refractivity (Wildman–Crippen MR) is 65.3 cm³/mol. The van der Waals surface area contributed by atoms with Crippen molar-refractivity contribution in [1.29, 1.82) is 0 Å². The molecular formula is C12H17NO2S. The van der Waals surface area contributed by atoms with Crippen LogP contribution in [0.2, 0.25) is 0 Å². The van der Waals surface area contributed by atoms with Gasteiger partial charge in [-0.25, -0.2) is 8.42 Å². The van der Waals surface area contributed by atoms with Crippen molar-refractivity contribution in [2.75, 3.05) is 13.1 Å². The normalized spacial score (nSPS) is 17.8. The summed E-state index contributed by atoms with van der Waals surface area (Å²) >= 11 is 0. The summed E-state index contributed by atoms with van der Waals surface area (Å²) in [4.78, 5) is 0. The topological polar surface area (TPSA) is 46.2 Å². The Balaban J connectivity index is 2.14. The average Bonchev–Trinajstić information content (AvgIpc) is 2.30. The van der Waals surface area contributed by atoms with Crippen LogP contribution in [0.1, 0.15) is 29.9 Å². The van der Waals surface area contributed by atoms with Gasteiger partial charge in [0, 0.05) is 0 Å². The van der Waals surface area contributed by atoms with E-state index in [1.165, 1.54) is 5.56 Å². The maximum atomic E-state index is 10.7. The van der Waals surface area contributed by atoms with Crippen LogP contribution in [0, 0.1) is 0 Å². The van der Waals surface area contributed by atoms with Gasteiger partial charge in [-0.15, -0.1) is 0 Å². The molecule has 1 heterocycles. The van der Waals surface area contributed by atoms with E-state index in [4.69, 9.17) is 0 Å². The van der Waals surface area contributed by atoms with Crippen LogP contribution in [0.3, 0.4) is 0 Å². The zero-order valence-corrected chi connectivity index (χ0v) is 10.1. The standard InChI is InChI=1S/C12H17NO2S/c14-16(15)9-10-2-1-3-12(8-10)11-4-6-13-7-5-11/h1-3,8,11,13,16H,4-7,9H2. The fourth-order valence-corrected chi connectivity index (χ4v) is 2.74. The lowest BCUT2D eigenvalue weighted by molar-refractivity contribution is 0.460. The van der Waals surface area contributed by atoms with E-state index in [1.54, 1.807) is 0 Å². The lowest BCUT2D eigenvalue weighted by Gasteiger charge is -2.23. The van der Waals surface area contributed by atoms with E-state index in [9.17, 15) is 8.42 Å². The molecule has 1 saturated heterocycles. The van der Waals surface area contributed by atoms with E-state index in [1.807, 2.05) is 18.2 Å². The molecule has 0 spiro atoms. The number of rotatable bonds is 3. The molecule has 1 N–H and O–H groups in total. The van der Waals surface area contributed by atoms with Crippen molar-refractivity contribution in [2.45, 2.75) is 24.5 Å². The highest BCUT2D eigenvalue weighted by Crippen LogP contribution is 2.25. The lowest BCUT2D eigenvalue weighted by Crippen LogP contribution is -2.26. The highest BCUT2D eigenvalue weighted by molar-refractivity contribution is 7.71. The number of thiol groups is 1. The minimum atomic E-state index is -2.32. The van der Waals surface area contributed by atoms with Crippen molar-refractivity contribution in [3.63, 3.8) is 0 Å². The Morgan fingerprint density at radius 3 is 2.69 bits per heavy atom. The summed E-state index contributed by atoms with van der Waals surface area (Å²) in [5.74, 6) is 0.749. The van der Waals surface area contributed by atoms with Crippen LogP contribution in [-0.2, 0) is 16.5 Å². The Morgan fingerprint density at radius 2 is 2.00 bits per heavy atom. The molecule has 0 bridgehead atoms. The highest BCUT2D eigenvalue weighted by Gasteiger charge is 2.15. The Kier molecular flexibility index (Phi) is 3.96. The van der Waals surface area contributed by atoms with Gasteiger partial charge in [0.2, 0.25) is 0 Å². The number of benzene rings is 1. The predicted octanol–water partition coefficient (Wildman–Crippen LogP) is 1.27. The van der Waals surface area contributed by atoms with E-state index < -0.39 is 10.7 Å². The number of piperidine rings is 1. The van der Waals surface area contributed by atoms with Gasteiger partial charge in [-0.05, 0) is 43.0 Å². The number of hydrogen-bond donors (Lipinski definition) is 2. The van der Waals surface area contributed by atoms with E-state index in [0.717, 1.165) is 31.5 Å². The first-order chi connectivity index (χ1) is 7.75. The van der Waals surface area contributed by atoms with Crippen LogP contribution < -0.4 is 5.32 Å². The van der Waals surface area contributed by atoms with Gasteiger partial charge in [-0.2, -0.15) is 0 Å². The van der Waals surface area contributed by atoms with Crippen LogP contribution in [0.15, 0.2) is 24.3 Å². The molecule has 16 heavy (non-hydrogen) atoms. The summed E-state index contributed by atoms with van der Waals surface area (Å²) in [5, 5.41) is 3.33. The second-order valence-electron chi connectivity index (χ2n) is 4.26. The van der Waals surface area contributed by atoms with Gasteiger partial charge in [0.1, 0.15) is 10.7 Å². The molecule has 2 rings (SSSR count). The molecule has 0 aliphatic carbocycles. The van der Waals surface area contributed by atoms with Crippen LogP contribution >= 0.6 is 0 Å². The van der Waals surface area contributed by atoms with Gasteiger partial charge < -0.3 is 5.32 Å². The van der Waals surface area contributed by atoms with Crippen molar-refractivity contribution in [3.05, 3.63) is 35.4 Å². The second-order valence-corrected chi connectivity index (χ2v) is 5.24. The number of nitrogens with one attached hydrogen (secondary N) is 1. The average molecular weight is 239 g/mol. The van der Waals surface area contributed by atoms with Crippen LogP contribution in [-0.4, -0.2) is 21.5 Å². The minimum Gasteiger partial charge on any atom is -0.317 e. The first kappa shape index (κ1) is 11.6. The molecule has 1 fully saturated rings. The monoisotopic (exact) mass is 239 g/mol. The maximum absolute atomic E-state index is 10.7. The smallest absolute Gasteiger partial charge is 0.144 e. The first-order valence-electron chi connectivity index (χ1n) is 5.67. The summed E-state index contributed by atoms with van der Waals surface area (Å²) in [5.41, 5.74) is 2.20. The highest BCUT2D eigenvalue weighted by atomic mass is 32.2. The second kappa shape index (κ2) is 5.46. The number of hydrogen-bond acceptors (Lipinski definition) is 3. The van der Waals surface area contributed by atoms with Gasteiger partial charge in [-0.3, -0.25) is 0 Å². The van der Waals surface area contributed by atoms with Crippen LogP contribution in [0.5, 0.6) is 0 Å². The Morgan fingerprint density at radius 1 is 1.25 bits per heavy atom. The maximum Gasteiger partial charge on any atom is 0.144 e. The Labute approximate surface area is 97.8 Å². The van der Waals surface area contributed by atoms with E-state index in [2.05, 4.69) is 11.4 Å². The molecule has 0 atom stereocenters. The first-order valence-corrected chi connectivity index (χ1v) is 7.03. The zero-order chi connectivity index (χ0) is 11.4. The van der Waals surface area contributed by atoms with Crippen molar-refractivity contribution < 1.29 is 8.42 Å². The molecule has 0 amide bonds. The van der Waals surface area contributed by atoms with E-state index >= 15 is 0 Å². The van der Waals surface area contributed by atoms with Crippen LogP contribution in [0.25, 0.3) is 0 Å². The fourth-order valence-electron chi connectivity index (χ4n) is 2.25. The summed E-state index contributed by atoms with van der Waals surface area (Å²) in [6.45, 7) is 2.12. The molecule has 0 saturated carbocycles. The summed E-state index contributed by atoms with van der Waals surface area (Å²) in [6, 6.07) is 8.00. The quantitative estimate of drug-likeness (QED) is 0.781. The SMILES string of the molecule is O=[SH](=O)Cc1cccc(C2CCNCC2)c1. The lowest BCUT2D eigenvalue weighted by atomic mass is 9.89. The molecule has 1 aromatic rings. The summed E-state index contributed by atoms with van der Waals surface area (Å²) in [6.07, 6.45) is 2.29. The molecule has 3 nitrogen and oxygen atoms in total. The van der Waals surface area contributed by atoms with Gasteiger partial charge in [0.15, 0.2) is 0 Å². The zero-order valence-electron chi connectivity index (χ0n) is 9.19. The van der Waals surface area contributed by atoms with Gasteiger partial charge in [-0.1, -0.05) is 24.3 Å². The molecule has 1 aromatic carbocycles. The molecule has 88 valence electrons. The molecule has 4 heteroatoms. The minimum absolute atomic E-state index is 0.161. The Bertz CT molecular complexity index is 415. The van der Waals surface area contributed by atoms with Crippen LogP contribution in [0.4, 0.5) is 0 Å². The molecule has 0 radical (unpaired) electrons. The molecule has 0 aromatic heterocycles. The van der Waals surface area contributed by atoms with E-state index in [-0.39, 0.29) is 5.75 Å². The van der Waals surface area contributed by atoms with Gasteiger partial charge in [0.25, 0.3) is 0 Å². The fraction of sp³-hybridized carbons (Fsp3) is 0.500. The van der Waals surface area contributed by atoms with Crippen molar-refractivity contribution >= 4 is 10.7 Å². The molecular weight excluding hydrogens is 222 g/mol. The van der Waals surface area contributed by atoms with E-state index in [0.29, 0.717) is 5.92 Å². The third-order valence-corrected chi connectivity index (χ3v) is 3.70. The summed E-state index contributed by atoms with van der Waals surface area (Å²) in [7, 11) is -2.32. The summed E-state index contributed by atoms with van der Waals surface area (Å²) < 4.78 is 21.4. The molecule has 0 unspecified atom stereocenters. The van der Waals surface area contributed by atoms with Gasteiger partial charge >= 0.3 is 0 Å². The molecule has 1 aliphatic rings. The third kappa shape index (κ3) is 3.06. The molecule has 1 aliphatic heterocycles. The van der Waals surface area contributed by atoms with Crippen molar-refractivity contribution in [1.82, 2.24) is 5.32 Å². The Hall–Kier alpha value is -0.870. The van der Waals surface area contributed by atoms with Crippen molar-refractivity contribution in [3.8, 4) is 0 Å². The largest absolute Gasteiger partial charge is 0.317 e. The third-order valence-electron chi connectivity index (χ3n) is 3.07. The van der Waals surface area contributed by atoms with Crippen molar-refractivity contribution in [2.24, 2.45) is 0 Å². The van der Waals surface area contributed by atoms with Gasteiger partial charge in [0.05, 0.1) is 5.75 Å².